The van der Waals surface area contributed by atoms with Crippen LogP contribution in [0.1, 0.15) is 39.2 Å². The standard InChI is InChI=1S/C20H31N3O2S/c1-15(2)21-19(24)13-23-11-9-18(10-12-23)22-20(25)16(3)26-14-17-7-5-4-6-8-17/h4-8,15-16,18H,9-14H2,1-3H3,(H,21,24)(H,22,25)/t16-/m1/s1. The highest BCUT2D eigenvalue weighted by Gasteiger charge is 2.24. The summed E-state index contributed by atoms with van der Waals surface area (Å²) < 4.78 is 0. The first-order valence-corrected chi connectivity index (χ1v) is 10.5. The molecular formula is C20H31N3O2S. The minimum absolute atomic E-state index is 0.0648. The number of carbonyl (C=O) groups is 2. The number of nitrogens with zero attached hydrogens (tertiary/aromatic N) is 1. The number of nitrogens with one attached hydrogen (secondary N) is 2. The first-order valence-electron chi connectivity index (χ1n) is 9.41. The maximum atomic E-state index is 12.4. The normalized spacial score (nSPS) is 17.1. The Bertz CT molecular complexity index is 572. The van der Waals surface area contributed by atoms with Crippen molar-refractivity contribution in [3.05, 3.63) is 35.9 Å². The highest BCUT2D eigenvalue weighted by molar-refractivity contribution is 7.99. The van der Waals surface area contributed by atoms with E-state index < -0.39 is 0 Å². The number of likely N-dealkylation sites (tertiary alicyclic amines) is 1. The van der Waals surface area contributed by atoms with Crippen molar-refractivity contribution in [3.63, 3.8) is 0 Å². The van der Waals surface area contributed by atoms with Crippen molar-refractivity contribution in [1.82, 2.24) is 15.5 Å². The van der Waals surface area contributed by atoms with E-state index in [9.17, 15) is 9.59 Å². The van der Waals surface area contributed by atoms with Gasteiger partial charge in [0.05, 0.1) is 11.8 Å². The van der Waals surface area contributed by atoms with Crippen molar-refractivity contribution in [3.8, 4) is 0 Å². The summed E-state index contributed by atoms with van der Waals surface area (Å²) in [6, 6.07) is 10.6. The van der Waals surface area contributed by atoms with Gasteiger partial charge in [-0.15, -0.1) is 11.8 Å². The summed E-state index contributed by atoms with van der Waals surface area (Å²) in [4.78, 5) is 26.4. The quantitative estimate of drug-likeness (QED) is 0.730. The van der Waals surface area contributed by atoms with Gasteiger partial charge in [-0.25, -0.2) is 0 Å². The van der Waals surface area contributed by atoms with E-state index in [1.165, 1.54) is 5.56 Å². The van der Waals surface area contributed by atoms with E-state index in [1.807, 2.05) is 39.0 Å². The molecule has 2 rings (SSSR count). The second-order valence-electron chi connectivity index (χ2n) is 7.22. The zero-order valence-corrected chi connectivity index (χ0v) is 16.8. The smallest absolute Gasteiger partial charge is 0.234 e. The van der Waals surface area contributed by atoms with Crippen LogP contribution in [-0.4, -0.2) is 53.7 Å². The predicted molar refractivity (Wildman–Crippen MR) is 108 cm³/mol. The molecule has 144 valence electrons. The molecule has 1 heterocycles. The average Bonchev–Trinajstić information content (AvgIpc) is 2.61. The Hall–Kier alpha value is -1.53. The lowest BCUT2D eigenvalue weighted by Gasteiger charge is -2.32. The molecule has 1 fully saturated rings. The highest BCUT2D eigenvalue weighted by Crippen LogP contribution is 2.18. The number of rotatable bonds is 8. The van der Waals surface area contributed by atoms with Crippen molar-refractivity contribution in [2.24, 2.45) is 0 Å². The summed E-state index contributed by atoms with van der Waals surface area (Å²) in [5.74, 6) is 1.04. The molecule has 1 saturated heterocycles. The van der Waals surface area contributed by atoms with Gasteiger partial charge in [-0.3, -0.25) is 14.5 Å². The van der Waals surface area contributed by atoms with Gasteiger partial charge in [-0.05, 0) is 39.2 Å². The molecule has 5 nitrogen and oxygen atoms in total. The van der Waals surface area contributed by atoms with Crippen molar-refractivity contribution in [1.29, 1.82) is 0 Å². The van der Waals surface area contributed by atoms with E-state index >= 15 is 0 Å². The van der Waals surface area contributed by atoms with Crippen LogP contribution in [0.25, 0.3) is 0 Å². The number of thioether (sulfide) groups is 1. The Balaban J connectivity index is 1.66. The van der Waals surface area contributed by atoms with Gasteiger partial charge in [0.25, 0.3) is 0 Å². The minimum Gasteiger partial charge on any atom is -0.353 e. The van der Waals surface area contributed by atoms with Crippen LogP contribution < -0.4 is 10.6 Å². The third kappa shape index (κ3) is 7.38. The summed E-state index contributed by atoms with van der Waals surface area (Å²) in [7, 11) is 0. The van der Waals surface area contributed by atoms with Crippen molar-refractivity contribution in [2.75, 3.05) is 19.6 Å². The van der Waals surface area contributed by atoms with E-state index in [4.69, 9.17) is 0 Å². The van der Waals surface area contributed by atoms with Crippen LogP contribution in [-0.2, 0) is 15.3 Å². The molecule has 0 saturated carbocycles. The van der Waals surface area contributed by atoms with Crippen molar-refractivity contribution >= 4 is 23.6 Å². The zero-order valence-electron chi connectivity index (χ0n) is 16.0. The van der Waals surface area contributed by atoms with E-state index in [0.29, 0.717) is 6.54 Å². The van der Waals surface area contributed by atoms with Gasteiger partial charge in [-0.2, -0.15) is 0 Å². The molecule has 1 aliphatic heterocycles. The number of benzene rings is 1. The maximum absolute atomic E-state index is 12.4. The van der Waals surface area contributed by atoms with E-state index in [1.54, 1.807) is 11.8 Å². The fraction of sp³-hybridized carbons (Fsp3) is 0.600. The summed E-state index contributed by atoms with van der Waals surface area (Å²) in [6.07, 6.45) is 1.80. The Labute approximate surface area is 161 Å². The van der Waals surface area contributed by atoms with Gasteiger partial charge >= 0.3 is 0 Å². The van der Waals surface area contributed by atoms with Gasteiger partial charge in [-0.1, -0.05) is 30.3 Å². The summed E-state index contributed by atoms with van der Waals surface area (Å²) >= 11 is 1.67. The number of carbonyl (C=O) groups excluding carboxylic acids is 2. The summed E-state index contributed by atoms with van der Waals surface area (Å²) in [5, 5.41) is 6.03. The number of hydrogen-bond donors (Lipinski definition) is 2. The first-order chi connectivity index (χ1) is 12.4. The van der Waals surface area contributed by atoms with Gasteiger partial charge in [0.15, 0.2) is 0 Å². The molecule has 6 heteroatoms. The Morgan fingerprint density at radius 3 is 2.42 bits per heavy atom. The molecule has 1 aliphatic rings. The molecule has 1 atom stereocenters. The predicted octanol–water partition coefficient (Wildman–Crippen LogP) is 2.41. The van der Waals surface area contributed by atoms with Crippen LogP contribution >= 0.6 is 11.8 Å². The second kappa shape index (κ2) is 10.6. The van der Waals surface area contributed by atoms with Crippen LogP contribution in [0.5, 0.6) is 0 Å². The number of amides is 2. The minimum atomic E-state index is -0.0648. The van der Waals surface area contributed by atoms with Crippen molar-refractivity contribution in [2.45, 2.75) is 56.7 Å². The summed E-state index contributed by atoms with van der Waals surface area (Å²) in [5.41, 5.74) is 1.24. The van der Waals surface area contributed by atoms with Crippen molar-refractivity contribution < 1.29 is 9.59 Å². The third-order valence-electron chi connectivity index (χ3n) is 4.46. The van der Waals surface area contributed by atoms with Crippen LogP contribution in [0.15, 0.2) is 30.3 Å². The molecule has 2 N–H and O–H groups in total. The fourth-order valence-corrected chi connectivity index (χ4v) is 3.85. The third-order valence-corrected chi connectivity index (χ3v) is 5.68. The molecule has 0 aliphatic carbocycles. The summed E-state index contributed by atoms with van der Waals surface area (Å²) in [6.45, 7) is 8.05. The monoisotopic (exact) mass is 377 g/mol. The molecule has 1 aromatic rings. The highest BCUT2D eigenvalue weighted by atomic mass is 32.2. The Morgan fingerprint density at radius 2 is 1.81 bits per heavy atom. The van der Waals surface area contributed by atoms with Crippen LogP contribution in [0.2, 0.25) is 0 Å². The fourth-order valence-electron chi connectivity index (χ4n) is 3.00. The molecule has 0 bridgehead atoms. The van der Waals surface area contributed by atoms with Gasteiger partial charge in [0.1, 0.15) is 0 Å². The van der Waals surface area contributed by atoms with Gasteiger partial charge < -0.3 is 10.6 Å². The average molecular weight is 378 g/mol. The second-order valence-corrected chi connectivity index (χ2v) is 8.55. The lowest BCUT2D eigenvalue weighted by molar-refractivity contribution is -0.124. The molecule has 0 spiro atoms. The molecule has 2 amide bonds. The van der Waals surface area contributed by atoms with Crippen LogP contribution in [0.3, 0.4) is 0 Å². The maximum Gasteiger partial charge on any atom is 0.234 e. The lowest BCUT2D eigenvalue weighted by Crippen LogP contribution is -2.49. The van der Waals surface area contributed by atoms with Crippen LogP contribution in [0, 0.1) is 0 Å². The molecule has 0 aromatic heterocycles. The van der Waals surface area contributed by atoms with E-state index in [2.05, 4.69) is 27.7 Å². The van der Waals surface area contributed by atoms with E-state index in [-0.39, 0.29) is 29.1 Å². The Kier molecular flexibility index (Phi) is 8.45. The molecule has 1 aromatic carbocycles. The zero-order chi connectivity index (χ0) is 18.9. The number of hydrogen-bond acceptors (Lipinski definition) is 4. The van der Waals surface area contributed by atoms with Crippen LogP contribution in [0.4, 0.5) is 0 Å². The van der Waals surface area contributed by atoms with Gasteiger partial charge in [0.2, 0.25) is 11.8 Å². The Morgan fingerprint density at radius 1 is 1.15 bits per heavy atom. The topological polar surface area (TPSA) is 61.4 Å². The molecule has 26 heavy (non-hydrogen) atoms. The molecule has 0 unspecified atom stereocenters. The molecule has 0 radical (unpaired) electrons. The lowest BCUT2D eigenvalue weighted by atomic mass is 10.0. The number of piperidine rings is 1. The molecular weight excluding hydrogens is 346 g/mol. The van der Waals surface area contributed by atoms with E-state index in [0.717, 1.165) is 31.7 Å². The SMILES string of the molecule is CC(C)NC(=O)CN1CCC(NC(=O)[C@@H](C)SCc2ccccc2)CC1. The first kappa shape index (κ1) is 20.8. The largest absolute Gasteiger partial charge is 0.353 e. The van der Waals surface area contributed by atoms with Gasteiger partial charge in [0, 0.05) is 30.9 Å².